The largest absolute Gasteiger partial charge is 0.491 e. The van der Waals surface area contributed by atoms with Gasteiger partial charge in [-0.05, 0) is 56.0 Å². The summed E-state index contributed by atoms with van der Waals surface area (Å²) in [7, 11) is 0. The Hall–Kier alpha value is -2.98. The summed E-state index contributed by atoms with van der Waals surface area (Å²) in [5, 5.41) is 3.65. The van der Waals surface area contributed by atoms with E-state index < -0.39 is 0 Å². The highest BCUT2D eigenvalue weighted by Gasteiger charge is 2.17. The van der Waals surface area contributed by atoms with Crippen molar-refractivity contribution in [3.8, 4) is 11.5 Å². The van der Waals surface area contributed by atoms with E-state index in [0.29, 0.717) is 13.2 Å². The first-order valence-electron chi connectivity index (χ1n) is 10.4. The van der Waals surface area contributed by atoms with E-state index in [1.54, 1.807) is 0 Å². The van der Waals surface area contributed by atoms with Gasteiger partial charge in [0.1, 0.15) is 24.7 Å². The molecule has 3 aromatic carbocycles. The fourth-order valence-electron chi connectivity index (χ4n) is 3.46. The molecule has 2 atom stereocenters. The highest BCUT2D eigenvalue weighted by molar-refractivity contribution is 5.61. The number of para-hydroxylation sites is 2. The molecular weight excluding hydrogens is 372 g/mol. The summed E-state index contributed by atoms with van der Waals surface area (Å²) in [6.07, 6.45) is 0. The van der Waals surface area contributed by atoms with E-state index in [0.717, 1.165) is 39.4 Å². The maximum Gasteiger partial charge on any atom is 0.145 e. The van der Waals surface area contributed by atoms with Crippen LogP contribution in [0.4, 0.5) is 5.69 Å². The first-order valence-corrected chi connectivity index (χ1v) is 10.4. The Kier molecular flexibility index (Phi) is 7.36. The molecular formula is C26H32N2O2. The Morgan fingerprint density at radius 3 is 1.93 bits per heavy atom. The third-order valence-corrected chi connectivity index (χ3v) is 5.04. The van der Waals surface area contributed by atoms with Crippen LogP contribution in [0.3, 0.4) is 0 Å². The van der Waals surface area contributed by atoms with Crippen LogP contribution < -0.4 is 20.5 Å². The summed E-state index contributed by atoms with van der Waals surface area (Å²) in [6.45, 7) is 9.11. The van der Waals surface area contributed by atoms with Gasteiger partial charge in [-0.3, -0.25) is 0 Å². The molecule has 2 unspecified atom stereocenters. The van der Waals surface area contributed by atoms with Crippen molar-refractivity contribution in [3.05, 3.63) is 89.0 Å². The molecule has 0 saturated carbocycles. The lowest BCUT2D eigenvalue weighted by atomic mass is 10.1. The molecule has 158 valence electrons. The standard InChI is InChI=1S/C26H32N2O2/c1-18-10-8-11-19(2)25(18)30-17-24(22-13-6-5-7-14-22)28-23-15-9-12-20(3)26(23)29-16-21(4)27/h5-15,21,24,28H,16-17,27H2,1-4H3. The van der Waals surface area contributed by atoms with Crippen LogP contribution in [0.2, 0.25) is 0 Å². The van der Waals surface area contributed by atoms with Gasteiger partial charge < -0.3 is 20.5 Å². The molecule has 0 amide bonds. The first kappa shape index (κ1) is 21.7. The quantitative estimate of drug-likeness (QED) is 0.489. The van der Waals surface area contributed by atoms with Crippen LogP contribution in [0.1, 0.15) is 35.2 Å². The minimum Gasteiger partial charge on any atom is -0.491 e. The zero-order chi connectivity index (χ0) is 21.5. The number of ether oxygens (including phenoxy) is 2. The van der Waals surface area contributed by atoms with Crippen LogP contribution in [0.15, 0.2) is 66.7 Å². The maximum atomic E-state index is 6.30. The average molecular weight is 405 g/mol. The molecule has 0 aliphatic heterocycles. The van der Waals surface area contributed by atoms with Gasteiger partial charge >= 0.3 is 0 Å². The predicted molar refractivity (Wildman–Crippen MR) is 125 cm³/mol. The second-order valence-electron chi connectivity index (χ2n) is 7.88. The lowest BCUT2D eigenvalue weighted by molar-refractivity contribution is 0.288. The molecule has 4 nitrogen and oxygen atoms in total. The van der Waals surface area contributed by atoms with Crippen LogP contribution in [0, 0.1) is 20.8 Å². The van der Waals surface area contributed by atoms with Crippen molar-refractivity contribution in [3.63, 3.8) is 0 Å². The Balaban J connectivity index is 1.87. The van der Waals surface area contributed by atoms with Gasteiger partial charge in [0, 0.05) is 6.04 Å². The minimum atomic E-state index is -0.0374. The van der Waals surface area contributed by atoms with E-state index in [1.807, 2.05) is 50.2 Å². The van der Waals surface area contributed by atoms with Crippen LogP contribution in [-0.2, 0) is 0 Å². The van der Waals surface area contributed by atoms with E-state index in [9.17, 15) is 0 Å². The molecule has 3 N–H and O–H groups in total. The number of nitrogens with two attached hydrogens (primary N) is 1. The fourth-order valence-corrected chi connectivity index (χ4v) is 3.46. The smallest absolute Gasteiger partial charge is 0.145 e. The third-order valence-electron chi connectivity index (χ3n) is 5.04. The van der Waals surface area contributed by atoms with Crippen molar-refractivity contribution < 1.29 is 9.47 Å². The summed E-state index contributed by atoms with van der Waals surface area (Å²) in [5.41, 5.74) is 11.4. The number of rotatable bonds is 9. The number of aryl methyl sites for hydroxylation is 3. The van der Waals surface area contributed by atoms with Crippen molar-refractivity contribution in [2.45, 2.75) is 39.8 Å². The van der Waals surface area contributed by atoms with Crippen LogP contribution >= 0.6 is 0 Å². The van der Waals surface area contributed by atoms with Gasteiger partial charge in [-0.15, -0.1) is 0 Å². The van der Waals surface area contributed by atoms with E-state index >= 15 is 0 Å². The van der Waals surface area contributed by atoms with Gasteiger partial charge in [-0.25, -0.2) is 0 Å². The maximum absolute atomic E-state index is 6.30. The van der Waals surface area contributed by atoms with Crippen molar-refractivity contribution in [2.75, 3.05) is 18.5 Å². The Labute approximate surface area is 180 Å². The van der Waals surface area contributed by atoms with Crippen molar-refractivity contribution in [1.29, 1.82) is 0 Å². The molecule has 0 spiro atoms. The Bertz CT molecular complexity index is 934. The second kappa shape index (κ2) is 10.2. The Morgan fingerprint density at radius 1 is 0.733 bits per heavy atom. The molecule has 0 heterocycles. The van der Waals surface area contributed by atoms with Crippen LogP contribution in [-0.4, -0.2) is 19.3 Å². The van der Waals surface area contributed by atoms with Crippen molar-refractivity contribution >= 4 is 5.69 Å². The number of nitrogens with one attached hydrogen (secondary N) is 1. The van der Waals surface area contributed by atoms with Gasteiger partial charge in [0.25, 0.3) is 0 Å². The second-order valence-corrected chi connectivity index (χ2v) is 7.88. The first-order chi connectivity index (χ1) is 14.5. The van der Waals surface area contributed by atoms with E-state index in [4.69, 9.17) is 15.2 Å². The number of anilines is 1. The number of hydrogen-bond donors (Lipinski definition) is 2. The Morgan fingerprint density at radius 2 is 1.30 bits per heavy atom. The molecule has 3 aromatic rings. The van der Waals surface area contributed by atoms with Crippen molar-refractivity contribution in [2.24, 2.45) is 5.73 Å². The molecule has 0 radical (unpaired) electrons. The lowest BCUT2D eigenvalue weighted by Gasteiger charge is -2.24. The number of benzene rings is 3. The predicted octanol–water partition coefficient (Wildman–Crippen LogP) is 5.57. The summed E-state index contributed by atoms with van der Waals surface area (Å²) in [4.78, 5) is 0. The molecule has 0 aromatic heterocycles. The molecule has 0 aliphatic carbocycles. The zero-order valence-electron chi connectivity index (χ0n) is 18.3. The molecule has 0 fully saturated rings. The van der Waals surface area contributed by atoms with E-state index in [2.05, 4.69) is 49.5 Å². The van der Waals surface area contributed by atoms with Crippen molar-refractivity contribution in [1.82, 2.24) is 0 Å². The van der Waals surface area contributed by atoms with Gasteiger partial charge in [0.05, 0.1) is 11.7 Å². The average Bonchev–Trinajstić information content (AvgIpc) is 2.72. The van der Waals surface area contributed by atoms with Crippen LogP contribution in [0.25, 0.3) is 0 Å². The lowest BCUT2D eigenvalue weighted by Crippen LogP contribution is -2.25. The molecule has 3 rings (SSSR count). The summed E-state index contributed by atoms with van der Waals surface area (Å²) in [6, 6.07) is 22.6. The topological polar surface area (TPSA) is 56.5 Å². The van der Waals surface area contributed by atoms with Gasteiger partial charge in [0.2, 0.25) is 0 Å². The summed E-state index contributed by atoms with van der Waals surface area (Å²) < 4.78 is 12.3. The van der Waals surface area contributed by atoms with E-state index in [-0.39, 0.29) is 12.1 Å². The number of hydrogen-bond acceptors (Lipinski definition) is 4. The normalized spacial score (nSPS) is 12.8. The van der Waals surface area contributed by atoms with Gasteiger partial charge in [-0.2, -0.15) is 0 Å². The minimum absolute atomic E-state index is 0.0326. The fraction of sp³-hybridized carbons (Fsp3) is 0.308. The highest BCUT2D eigenvalue weighted by Crippen LogP contribution is 2.32. The molecule has 0 aliphatic rings. The third kappa shape index (κ3) is 5.55. The van der Waals surface area contributed by atoms with Gasteiger partial charge in [-0.1, -0.05) is 60.7 Å². The molecule has 0 bridgehead atoms. The van der Waals surface area contributed by atoms with E-state index in [1.165, 1.54) is 0 Å². The monoisotopic (exact) mass is 404 g/mol. The summed E-state index contributed by atoms with van der Waals surface area (Å²) in [5.74, 6) is 1.78. The zero-order valence-corrected chi connectivity index (χ0v) is 18.3. The van der Waals surface area contributed by atoms with Gasteiger partial charge in [0.15, 0.2) is 0 Å². The molecule has 4 heteroatoms. The molecule has 30 heavy (non-hydrogen) atoms. The SMILES string of the molecule is Cc1cccc(C)c1OCC(Nc1cccc(C)c1OCC(C)N)c1ccccc1. The summed E-state index contributed by atoms with van der Waals surface area (Å²) >= 11 is 0. The van der Waals surface area contributed by atoms with Crippen LogP contribution in [0.5, 0.6) is 11.5 Å². The molecule has 0 saturated heterocycles. The highest BCUT2D eigenvalue weighted by atomic mass is 16.5.